The molecule has 0 heterocycles. The minimum Gasteiger partial charge on any atom is -0.497 e. The molecule has 0 N–H and O–H groups in total. The maximum atomic E-state index is 5.71. The van der Waals surface area contributed by atoms with E-state index >= 15 is 0 Å². The Morgan fingerprint density at radius 2 is 0.972 bits per heavy atom. The second kappa shape index (κ2) is 9.82. The zero-order valence-electron chi connectivity index (χ0n) is 21.1. The minimum atomic E-state index is -0.418. The normalized spacial score (nSPS) is 13.8. The zero-order valence-corrected chi connectivity index (χ0v) is 21.1. The topological polar surface area (TPSA) is 36.9 Å². The van der Waals surface area contributed by atoms with E-state index in [1.54, 1.807) is 28.4 Å². The molecule has 4 aromatic carbocycles. The van der Waals surface area contributed by atoms with Gasteiger partial charge in [0, 0.05) is 5.41 Å². The first-order chi connectivity index (χ1) is 17.6. The molecule has 0 amide bonds. The Bertz CT molecular complexity index is 1320. The van der Waals surface area contributed by atoms with E-state index < -0.39 is 5.41 Å². The number of fused-ring (bicyclic) bond motifs is 1. The van der Waals surface area contributed by atoms with Gasteiger partial charge >= 0.3 is 0 Å². The van der Waals surface area contributed by atoms with Gasteiger partial charge < -0.3 is 18.9 Å². The van der Waals surface area contributed by atoms with E-state index in [0.29, 0.717) is 0 Å². The van der Waals surface area contributed by atoms with Gasteiger partial charge in [-0.15, -0.1) is 0 Å². The fourth-order valence-corrected chi connectivity index (χ4v) is 5.22. The summed E-state index contributed by atoms with van der Waals surface area (Å²) < 4.78 is 22.0. The molecular formula is C32H30O4. The molecule has 4 nitrogen and oxygen atoms in total. The number of rotatable bonds is 7. The molecule has 182 valence electrons. The van der Waals surface area contributed by atoms with Crippen molar-refractivity contribution >= 4 is 5.57 Å². The third-order valence-electron chi connectivity index (χ3n) is 7.16. The monoisotopic (exact) mass is 478 g/mol. The van der Waals surface area contributed by atoms with Crippen LogP contribution in [-0.4, -0.2) is 28.4 Å². The molecule has 0 bridgehead atoms. The van der Waals surface area contributed by atoms with Crippen molar-refractivity contribution in [3.63, 3.8) is 0 Å². The summed E-state index contributed by atoms with van der Waals surface area (Å²) in [6.45, 7) is 0. The molecule has 4 heteroatoms. The molecule has 0 aliphatic heterocycles. The Balaban J connectivity index is 1.76. The Morgan fingerprint density at radius 3 is 1.44 bits per heavy atom. The smallest absolute Gasteiger partial charge is 0.119 e. The molecule has 1 aliphatic carbocycles. The third kappa shape index (κ3) is 3.99. The number of hydrogen-bond donors (Lipinski definition) is 0. The van der Waals surface area contributed by atoms with Gasteiger partial charge in [0.1, 0.15) is 23.0 Å². The van der Waals surface area contributed by atoms with Crippen LogP contribution in [0.5, 0.6) is 23.0 Å². The SMILES string of the molecule is COc1ccc(C2=CCC(c3ccc(OC)cc3)(c3ccc(OC)cc3)c3cc(OC)ccc32)cc1. The molecule has 0 saturated carbocycles. The van der Waals surface area contributed by atoms with Crippen molar-refractivity contribution in [3.8, 4) is 23.0 Å². The Hall–Kier alpha value is -4.18. The molecule has 36 heavy (non-hydrogen) atoms. The van der Waals surface area contributed by atoms with Gasteiger partial charge in [0.05, 0.1) is 28.4 Å². The van der Waals surface area contributed by atoms with E-state index in [1.165, 1.54) is 27.8 Å². The van der Waals surface area contributed by atoms with Crippen LogP contribution >= 0.6 is 0 Å². The van der Waals surface area contributed by atoms with Gasteiger partial charge in [-0.05, 0) is 88.3 Å². The molecule has 0 saturated heterocycles. The Labute approximate surface area is 212 Å². The molecule has 0 unspecified atom stereocenters. The fraction of sp³-hybridized carbons (Fsp3) is 0.188. The Morgan fingerprint density at radius 1 is 0.528 bits per heavy atom. The van der Waals surface area contributed by atoms with Gasteiger partial charge in [-0.2, -0.15) is 0 Å². The quantitative estimate of drug-likeness (QED) is 0.290. The van der Waals surface area contributed by atoms with Crippen LogP contribution in [0.1, 0.15) is 34.2 Å². The van der Waals surface area contributed by atoms with Gasteiger partial charge in [0.25, 0.3) is 0 Å². The molecule has 0 fully saturated rings. The van der Waals surface area contributed by atoms with Gasteiger partial charge in [-0.1, -0.05) is 48.5 Å². The summed E-state index contributed by atoms with van der Waals surface area (Å²) in [6, 6.07) is 31.4. The van der Waals surface area contributed by atoms with E-state index in [0.717, 1.165) is 35.0 Å². The van der Waals surface area contributed by atoms with Crippen molar-refractivity contribution in [1.29, 1.82) is 0 Å². The lowest BCUT2D eigenvalue weighted by Gasteiger charge is -2.40. The number of benzene rings is 4. The van der Waals surface area contributed by atoms with Crippen LogP contribution < -0.4 is 18.9 Å². The molecular weight excluding hydrogens is 448 g/mol. The van der Waals surface area contributed by atoms with Crippen molar-refractivity contribution in [2.24, 2.45) is 0 Å². The summed E-state index contributed by atoms with van der Waals surface area (Å²) in [4.78, 5) is 0. The number of methoxy groups -OCH3 is 4. The molecule has 1 aliphatic rings. The van der Waals surface area contributed by atoms with Crippen molar-refractivity contribution in [3.05, 3.63) is 125 Å². The van der Waals surface area contributed by atoms with Crippen LogP contribution in [0.3, 0.4) is 0 Å². The second-order valence-corrected chi connectivity index (χ2v) is 8.82. The van der Waals surface area contributed by atoms with Gasteiger partial charge in [0.2, 0.25) is 0 Å². The molecule has 0 aromatic heterocycles. The summed E-state index contributed by atoms with van der Waals surface area (Å²) in [5.41, 5.74) is 6.69. The fourth-order valence-electron chi connectivity index (χ4n) is 5.22. The van der Waals surface area contributed by atoms with E-state index in [2.05, 4.69) is 54.6 Å². The number of allylic oxidation sites excluding steroid dienone is 1. The lowest BCUT2D eigenvalue weighted by Crippen LogP contribution is -2.32. The predicted octanol–water partition coefficient (Wildman–Crippen LogP) is 6.89. The first-order valence-corrected chi connectivity index (χ1v) is 12.0. The maximum Gasteiger partial charge on any atom is 0.119 e. The highest BCUT2D eigenvalue weighted by Gasteiger charge is 2.40. The van der Waals surface area contributed by atoms with Gasteiger partial charge in [0.15, 0.2) is 0 Å². The van der Waals surface area contributed by atoms with Crippen molar-refractivity contribution in [2.45, 2.75) is 11.8 Å². The summed E-state index contributed by atoms with van der Waals surface area (Å²) in [5.74, 6) is 3.34. The summed E-state index contributed by atoms with van der Waals surface area (Å²) in [7, 11) is 6.79. The van der Waals surface area contributed by atoms with E-state index in [4.69, 9.17) is 18.9 Å². The molecule has 0 spiro atoms. The van der Waals surface area contributed by atoms with E-state index in [-0.39, 0.29) is 0 Å². The van der Waals surface area contributed by atoms with Crippen LogP contribution in [-0.2, 0) is 5.41 Å². The van der Waals surface area contributed by atoms with E-state index in [9.17, 15) is 0 Å². The highest BCUT2D eigenvalue weighted by atomic mass is 16.5. The summed E-state index contributed by atoms with van der Waals surface area (Å²) in [5, 5.41) is 0. The average Bonchev–Trinajstić information content (AvgIpc) is 2.96. The predicted molar refractivity (Wildman–Crippen MR) is 144 cm³/mol. The first kappa shape index (κ1) is 23.6. The van der Waals surface area contributed by atoms with Crippen LogP contribution in [0.25, 0.3) is 5.57 Å². The van der Waals surface area contributed by atoms with E-state index in [1.807, 2.05) is 42.5 Å². The lowest BCUT2D eigenvalue weighted by atomic mass is 9.62. The standard InChI is InChI=1S/C32H30O4/c1-33-25-11-5-22(6-12-25)29-19-20-32(23-7-13-26(34-2)14-8-23,24-9-15-27(35-3)16-10-24)31-21-28(36-4)17-18-30(29)31/h5-19,21H,20H2,1-4H3. The Kier molecular flexibility index (Phi) is 6.43. The third-order valence-corrected chi connectivity index (χ3v) is 7.16. The van der Waals surface area contributed by atoms with Gasteiger partial charge in [-0.3, -0.25) is 0 Å². The molecule has 5 rings (SSSR count). The highest BCUT2D eigenvalue weighted by Crippen LogP contribution is 2.51. The minimum absolute atomic E-state index is 0.418. The number of hydrogen-bond acceptors (Lipinski definition) is 4. The van der Waals surface area contributed by atoms with Crippen molar-refractivity contribution in [2.75, 3.05) is 28.4 Å². The number of ether oxygens (including phenoxy) is 4. The van der Waals surface area contributed by atoms with Crippen LogP contribution in [0.15, 0.2) is 97.1 Å². The molecule has 0 atom stereocenters. The molecule has 4 aromatic rings. The summed E-state index contributed by atoms with van der Waals surface area (Å²) in [6.07, 6.45) is 3.14. The zero-order chi connectivity index (χ0) is 25.1. The van der Waals surface area contributed by atoms with Crippen LogP contribution in [0, 0.1) is 0 Å². The largest absolute Gasteiger partial charge is 0.497 e. The van der Waals surface area contributed by atoms with Crippen LogP contribution in [0.2, 0.25) is 0 Å². The summed E-state index contributed by atoms with van der Waals surface area (Å²) >= 11 is 0. The van der Waals surface area contributed by atoms with Crippen molar-refractivity contribution in [1.82, 2.24) is 0 Å². The highest BCUT2D eigenvalue weighted by molar-refractivity contribution is 5.85. The lowest BCUT2D eigenvalue weighted by molar-refractivity contribution is 0.412. The van der Waals surface area contributed by atoms with Crippen LogP contribution in [0.4, 0.5) is 0 Å². The average molecular weight is 479 g/mol. The molecule has 0 radical (unpaired) electrons. The maximum absolute atomic E-state index is 5.71. The first-order valence-electron chi connectivity index (χ1n) is 12.0. The second-order valence-electron chi connectivity index (χ2n) is 8.82. The van der Waals surface area contributed by atoms with Gasteiger partial charge in [-0.25, -0.2) is 0 Å². The van der Waals surface area contributed by atoms with Crippen molar-refractivity contribution < 1.29 is 18.9 Å².